The Morgan fingerprint density at radius 1 is 0.340 bits per heavy atom. The van der Waals surface area contributed by atoms with Crippen LogP contribution in [0.25, 0.3) is 0 Å². The standard InChI is InChI=1S/C84H161NO18/c1-3-5-7-9-11-13-15-17-19-21-23-25-27-29-31-32-33-34-36-37-39-41-43-45-47-49-51-53-55-57-59-61-68(89)67(85-72(90)62-60-58-56-54-52-50-48-46-44-42-40-38-35-30-28-26-24-22-20-18-16-14-12-10-8-6-4-2)66-98-82-78(96)75(93)80(70(64-87)100-82)103-84-79(97)76(94)81(71(65-88)101-84)102-83-77(95)74(92)73(91)69(63-86)99-83/h59,61,67-71,73-84,86-89,91-97H,3-58,60,62-66H2,1-2H3,(H,85,90)/b61-59+. The molecule has 19 heteroatoms. The van der Waals surface area contributed by atoms with E-state index in [4.69, 9.17) is 28.4 Å². The first kappa shape index (κ1) is 95.7. The number of aliphatic hydroxyl groups excluding tert-OH is 11. The van der Waals surface area contributed by atoms with Crippen LogP contribution in [-0.2, 0) is 33.2 Å². The molecule has 0 bridgehead atoms. The first-order valence-corrected chi connectivity index (χ1v) is 43.4. The molecule has 0 radical (unpaired) electrons. The Labute approximate surface area is 626 Å². The van der Waals surface area contributed by atoms with Crippen LogP contribution in [0.15, 0.2) is 12.2 Å². The minimum absolute atomic E-state index is 0.250. The zero-order chi connectivity index (χ0) is 74.6. The lowest BCUT2D eigenvalue weighted by molar-refractivity contribution is -0.379. The van der Waals surface area contributed by atoms with Gasteiger partial charge in [0.05, 0.1) is 38.6 Å². The fraction of sp³-hybridized carbons (Fsp3) is 0.964. The Morgan fingerprint density at radius 3 is 0.913 bits per heavy atom. The molecule has 17 atom stereocenters. The minimum Gasteiger partial charge on any atom is -0.394 e. The smallest absolute Gasteiger partial charge is 0.220 e. The first-order chi connectivity index (χ1) is 50.3. The van der Waals surface area contributed by atoms with Crippen LogP contribution in [0.4, 0.5) is 0 Å². The number of allylic oxidation sites excluding steroid dienone is 1. The maximum atomic E-state index is 13.5. The van der Waals surface area contributed by atoms with Crippen molar-refractivity contribution in [3.05, 3.63) is 12.2 Å². The van der Waals surface area contributed by atoms with Gasteiger partial charge in [-0.1, -0.05) is 373 Å². The summed E-state index contributed by atoms with van der Waals surface area (Å²) in [5.74, 6) is -0.265. The summed E-state index contributed by atoms with van der Waals surface area (Å²) >= 11 is 0. The molecule has 1 amide bonds. The van der Waals surface area contributed by atoms with Gasteiger partial charge in [-0.05, 0) is 19.3 Å². The van der Waals surface area contributed by atoms with Crippen molar-refractivity contribution in [1.29, 1.82) is 0 Å². The van der Waals surface area contributed by atoms with Gasteiger partial charge in [-0.2, -0.15) is 0 Å². The van der Waals surface area contributed by atoms with E-state index >= 15 is 0 Å². The Kier molecular flexibility index (Phi) is 60.7. The fourth-order valence-corrected chi connectivity index (χ4v) is 15.1. The Morgan fingerprint density at radius 2 is 0.602 bits per heavy atom. The van der Waals surface area contributed by atoms with Gasteiger partial charge in [0.25, 0.3) is 0 Å². The Hall–Kier alpha value is -1.47. The summed E-state index contributed by atoms with van der Waals surface area (Å²) in [7, 11) is 0. The third-order valence-corrected chi connectivity index (χ3v) is 22.1. The minimum atomic E-state index is -1.98. The quantitative estimate of drug-likeness (QED) is 0.0199. The van der Waals surface area contributed by atoms with E-state index in [-0.39, 0.29) is 18.9 Å². The van der Waals surface area contributed by atoms with Gasteiger partial charge < -0.3 is 89.9 Å². The monoisotopic (exact) mass is 1470 g/mol. The predicted octanol–water partition coefficient (Wildman–Crippen LogP) is 15.5. The molecule has 3 heterocycles. The summed E-state index contributed by atoms with van der Waals surface area (Å²) in [6, 6.07) is -0.971. The molecule has 3 saturated heterocycles. The summed E-state index contributed by atoms with van der Waals surface area (Å²) in [6.45, 7) is 1.82. The van der Waals surface area contributed by atoms with Crippen molar-refractivity contribution in [3.8, 4) is 0 Å². The highest BCUT2D eigenvalue weighted by Crippen LogP contribution is 2.34. The van der Waals surface area contributed by atoms with Gasteiger partial charge in [0.2, 0.25) is 5.91 Å². The van der Waals surface area contributed by atoms with E-state index in [1.165, 1.54) is 315 Å². The third-order valence-electron chi connectivity index (χ3n) is 22.1. The summed E-state index contributed by atoms with van der Waals surface area (Å²) in [5, 5.41) is 121. The van der Waals surface area contributed by atoms with Crippen molar-refractivity contribution in [1.82, 2.24) is 5.32 Å². The molecule has 17 unspecified atom stereocenters. The molecule has 3 aliphatic heterocycles. The van der Waals surface area contributed by atoms with Gasteiger partial charge in [0.1, 0.15) is 73.2 Å². The van der Waals surface area contributed by atoms with E-state index in [2.05, 4.69) is 19.2 Å². The Bertz CT molecular complexity index is 1910. The van der Waals surface area contributed by atoms with Gasteiger partial charge >= 0.3 is 0 Å². The van der Waals surface area contributed by atoms with Gasteiger partial charge in [-0.3, -0.25) is 4.79 Å². The largest absolute Gasteiger partial charge is 0.394 e. The molecule has 0 spiro atoms. The maximum Gasteiger partial charge on any atom is 0.220 e. The number of hydrogen-bond donors (Lipinski definition) is 12. The number of ether oxygens (including phenoxy) is 6. The molecule has 0 aromatic carbocycles. The number of hydrogen-bond acceptors (Lipinski definition) is 18. The number of carbonyl (C=O) groups excluding carboxylic acids is 1. The molecule has 0 aromatic heterocycles. The van der Waals surface area contributed by atoms with Crippen molar-refractivity contribution in [3.63, 3.8) is 0 Å². The second-order valence-corrected chi connectivity index (χ2v) is 31.4. The lowest BCUT2D eigenvalue weighted by Crippen LogP contribution is -2.66. The summed E-state index contributed by atoms with van der Waals surface area (Å²) in [5.41, 5.74) is 0. The van der Waals surface area contributed by atoms with Crippen LogP contribution in [-0.4, -0.2) is 193 Å². The van der Waals surface area contributed by atoms with E-state index in [1.807, 2.05) is 6.08 Å². The number of rotatable bonds is 71. The zero-order valence-corrected chi connectivity index (χ0v) is 65.6. The van der Waals surface area contributed by atoms with Gasteiger partial charge in [0, 0.05) is 6.42 Å². The van der Waals surface area contributed by atoms with Gasteiger partial charge in [-0.15, -0.1) is 0 Å². The van der Waals surface area contributed by atoms with Crippen LogP contribution >= 0.6 is 0 Å². The molecular formula is C84H161NO18. The fourth-order valence-electron chi connectivity index (χ4n) is 15.1. The highest BCUT2D eigenvalue weighted by molar-refractivity contribution is 5.76. The molecule has 0 aromatic rings. The summed E-state index contributed by atoms with van der Waals surface area (Å²) in [4.78, 5) is 13.5. The van der Waals surface area contributed by atoms with E-state index in [0.29, 0.717) is 6.42 Å². The first-order valence-electron chi connectivity index (χ1n) is 43.4. The summed E-state index contributed by atoms with van der Waals surface area (Å²) < 4.78 is 34.5. The number of nitrogens with one attached hydrogen (secondary N) is 1. The van der Waals surface area contributed by atoms with E-state index in [1.54, 1.807) is 6.08 Å². The summed E-state index contributed by atoms with van der Waals surface area (Å²) in [6.07, 6.45) is 52.2. The number of carbonyl (C=O) groups is 1. The van der Waals surface area contributed by atoms with Crippen LogP contribution in [0, 0.1) is 0 Å². The molecule has 0 saturated carbocycles. The second kappa shape index (κ2) is 65.3. The molecule has 610 valence electrons. The second-order valence-electron chi connectivity index (χ2n) is 31.4. The predicted molar refractivity (Wildman–Crippen MR) is 411 cm³/mol. The van der Waals surface area contributed by atoms with Crippen molar-refractivity contribution in [2.75, 3.05) is 26.4 Å². The molecule has 3 rings (SSSR count). The normalized spacial score (nSPS) is 26.0. The lowest BCUT2D eigenvalue weighted by Gasteiger charge is -2.48. The SMILES string of the molecule is CCCCCCCCCCCCCCCCCCCCCCCCCCCCCCC/C=C/C(O)C(COC1OC(CO)C(OC2OC(CO)C(OC3OC(CO)C(O)C(O)C3O)C(O)C2O)C(O)C1O)NC(=O)CCCCCCCCCCCCCCCCCCCCCCCCCCCCC. The van der Waals surface area contributed by atoms with Crippen LogP contribution < -0.4 is 5.32 Å². The van der Waals surface area contributed by atoms with Crippen molar-refractivity contribution < 1.29 is 89.4 Å². The molecule has 0 aliphatic carbocycles. The topological polar surface area (TPSA) is 307 Å². The third kappa shape index (κ3) is 44.8. The molecule has 19 nitrogen and oxygen atoms in total. The van der Waals surface area contributed by atoms with Crippen LogP contribution in [0.3, 0.4) is 0 Å². The average Bonchev–Trinajstić information content (AvgIpc) is 0.781. The van der Waals surface area contributed by atoms with Crippen LogP contribution in [0.5, 0.6) is 0 Å². The Balaban J connectivity index is 1.35. The highest BCUT2D eigenvalue weighted by atomic mass is 16.8. The van der Waals surface area contributed by atoms with Crippen LogP contribution in [0.1, 0.15) is 386 Å². The molecule has 12 N–H and O–H groups in total. The van der Waals surface area contributed by atoms with E-state index in [9.17, 15) is 61.0 Å². The molecular weight excluding hydrogens is 1310 g/mol. The van der Waals surface area contributed by atoms with E-state index < -0.39 is 124 Å². The van der Waals surface area contributed by atoms with Crippen molar-refractivity contribution in [2.24, 2.45) is 0 Å². The highest BCUT2D eigenvalue weighted by Gasteiger charge is 2.54. The number of aliphatic hydroxyl groups is 11. The van der Waals surface area contributed by atoms with Crippen molar-refractivity contribution >= 4 is 5.91 Å². The number of amides is 1. The maximum absolute atomic E-state index is 13.5. The molecule has 103 heavy (non-hydrogen) atoms. The van der Waals surface area contributed by atoms with Crippen LogP contribution in [0.2, 0.25) is 0 Å². The lowest BCUT2D eigenvalue weighted by atomic mass is 9.96. The molecule has 3 aliphatic rings. The zero-order valence-electron chi connectivity index (χ0n) is 65.6. The average molecular weight is 1470 g/mol. The number of unbranched alkanes of at least 4 members (excludes halogenated alkanes) is 55. The van der Waals surface area contributed by atoms with Gasteiger partial charge in [-0.25, -0.2) is 0 Å². The van der Waals surface area contributed by atoms with Gasteiger partial charge in [0.15, 0.2) is 18.9 Å². The van der Waals surface area contributed by atoms with E-state index in [0.717, 1.165) is 44.9 Å². The molecule has 3 fully saturated rings. The van der Waals surface area contributed by atoms with Crippen molar-refractivity contribution in [2.45, 2.75) is 491 Å².